The molecule has 1 saturated heterocycles. The summed E-state index contributed by atoms with van der Waals surface area (Å²) >= 11 is 0. The van der Waals surface area contributed by atoms with Crippen molar-refractivity contribution in [3.05, 3.63) is 60.2 Å². The molecule has 1 atom stereocenters. The van der Waals surface area contributed by atoms with E-state index in [1.807, 2.05) is 6.20 Å². The summed E-state index contributed by atoms with van der Waals surface area (Å²) in [5, 5.41) is 11.1. The van der Waals surface area contributed by atoms with E-state index >= 15 is 0 Å². The molecule has 0 aromatic carbocycles. The normalized spacial score (nSPS) is 19.2. The topological polar surface area (TPSA) is 101 Å². The van der Waals surface area contributed by atoms with Gasteiger partial charge in [-0.1, -0.05) is 20.3 Å². The number of fused-ring (bicyclic) bond motifs is 1. The standard InChI is InChI=1S/C28H30F2N8/c1-28(2)15-31-10-9-21(28)35-27-24-18(16-4-3-5-16)13-32-14-20(24)34-25(38-27)17-8-11-33-23(12-17)37-26-19(29)6-7-22(30)36-26/h6-8,11-14,16,21,31H,3-5,9-10,15H2,1-2H3,(H,33,36,37)(H,34,35,38)/t21-/m1/s1. The summed E-state index contributed by atoms with van der Waals surface area (Å²) in [6.45, 7) is 6.38. The molecule has 4 aromatic rings. The van der Waals surface area contributed by atoms with Gasteiger partial charge < -0.3 is 16.0 Å². The van der Waals surface area contributed by atoms with Crippen LogP contribution in [0.1, 0.15) is 51.0 Å². The van der Waals surface area contributed by atoms with Crippen molar-refractivity contribution < 1.29 is 8.78 Å². The van der Waals surface area contributed by atoms with E-state index in [9.17, 15) is 8.78 Å². The Hall–Kier alpha value is -3.79. The Morgan fingerprint density at radius 2 is 1.87 bits per heavy atom. The second kappa shape index (κ2) is 9.83. The van der Waals surface area contributed by atoms with E-state index in [2.05, 4.69) is 44.7 Å². The van der Waals surface area contributed by atoms with E-state index in [1.54, 1.807) is 24.5 Å². The van der Waals surface area contributed by atoms with Crippen LogP contribution < -0.4 is 16.0 Å². The summed E-state index contributed by atoms with van der Waals surface area (Å²) in [7, 11) is 0. The molecule has 5 heterocycles. The average molecular weight is 517 g/mol. The first-order chi connectivity index (χ1) is 18.4. The van der Waals surface area contributed by atoms with Gasteiger partial charge >= 0.3 is 0 Å². The molecule has 3 N–H and O–H groups in total. The van der Waals surface area contributed by atoms with E-state index in [1.165, 1.54) is 12.0 Å². The van der Waals surface area contributed by atoms with Gasteiger partial charge in [0.05, 0.1) is 11.7 Å². The van der Waals surface area contributed by atoms with Crippen LogP contribution in [0.15, 0.2) is 42.9 Å². The highest BCUT2D eigenvalue weighted by atomic mass is 19.1. The SMILES string of the molecule is CC1(C)CNCC[C@H]1Nc1nc(-c2ccnc(Nc3nc(F)ccc3F)c2)nc2cncc(C3CCC3)c12. The van der Waals surface area contributed by atoms with Crippen molar-refractivity contribution in [3.63, 3.8) is 0 Å². The third-order valence-corrected chi connectivity index (χ3v) is 7.70. The van der Waals surface area contributed by atoms with Crippen LogP contribution >= 0.6 is 0 Å². The Morgan fingerprint density at radius 1 is 1.00 bits per heavy atom. The minimum atomic E-state index is -0.783. The van der Waals surface area contributed by atoms with E-state index < -0.39 is 11.8 Å². The zero-order valence-corrected chi connectivity index (χ0v) is 21.4. The quantitative estimate of drug-likeness (QED) is 0.286. The zero-order valence-electron chi connectivity index (χ0n) is 21.4. The van der Waals surface area contributed by atoms with Crippen molar-refractivity contribution in [2.24, 2.45) is 5.41 Å². The Kier molecular flexibility index (Phi) is 6.35. The minimum absolute atomic E-state index is 0.0368. The molecule has 0 spiro atoms. The highest BCUT2D eigenvalue weighted by Gasteiger charge is 2.33. The Bertz CT molecular complexity index is 1490. The van der Waals surface area contributed by atoms with Gasteiger partial charge in [0.1, 0.15) is 11.6 Å². The van der Waals surface area contributed by atoms with E-state index in [-0.39, 0.29) is 17.3 Å². The lowest BCUT2D eigenvalue weighted by Crippen LogP contribution is -2.49. The van der Waals surface area contributed by atoms with Crippen LogP contribution in [0.2, 0.25) is 0 Å². The number of anilines is 3. The van der Waals surface area contributed by atoms with Crippen molar-refractivity contribution >= 4 is 28.4 Å². The smallest absolute Gasteiger partial charge is 0.214 e. The predicted octanol–water partition coefficient (Wildman–Crippen LogP) is 5.57. The lowest BCUT2D eigenvalue weighted by Gasteiger charge is -2.40. The first-order valence-corrected chi connectivity index (χ1v) is 13.1. The van der Waals surface area contributed by atoms with Crippen molar-refractivity contribution in [2.75, 3.05) is 23.7 Å². The van der Waals surface area contributed by atoms with Gasteiger partial charge in [0.15, 0.2) is 17.5 Å². The Labute approximate surface area is 219 Å². The summed E-state index contributed by atoms with van der Waals surface area (Å²) in [6, 6.07) is 5.72. The van der Waals surface area contributed by atoms with Gasteiger partial charge in [0.2, 0.25) is 5.95 Å². The van der Waals surface area contributed by atoms with Gasteiger partial charge in [0.25, 0.3) is 0 Å². The lowest BCUT2D eigenvalue weighted by atomic mass is 9.78. The highest BCUT2D eigenvalue weighted by molar-refractivity contribution is 5.93. The van der Waals surface area contributed by atoms with Gasteiger partial charge in [0, 0.05) is 35.9 Å². The Balaban J connectivity index is 1.42. The van der Waals surface area contributed by atoms with Gasteiger partial charge in [-0.15, -0.1) is 0 Å². The second-order valence-electron chi connectivity index (χ2n) is 10.8. The summed E-state index contributed by atoms with van der Waals surface area (Å²) in [6.07, 6.45) is 9.81. The van der Waals surface area contributed by atoms with Crippen LogP contribution in [-0.4, -0.2) is 44.1 Å². The number of halogens is 2. The maximum atomic E-state index is 14.2. The molecule has 0 radical (unpaired) electrons. The molecular formula is C28H30F2N8. The molecule has 10 heteroatoms. The van der Waals surface area contributed by atoms with Crippen molar-refractivity contribution in [3.8, 4) is 11.4 Å². The molecule has 6 rings (SSSR count). The number of aromatic nitrogens is 5. The highest BCUT2D eigenvalue weighted by Crippen LogP contribution is 2.42. The number of pyridine rings is 3. The number of nitrogens with one attached hydrogen (secondary N) is 3. The van der Waals surface area contributed by atoms with Crippen molar-refractivity contribution in [1.82, 2.24) is 30.2 Å². The number of piperidine rings is 1. The molecule has 0 amide bonds. The summed E-state index contributed by atoms with van der Waals surface area (Å²) in [4.78, 5) is 22.3. The average Bonchev–Trinajstić information content (AvgIpc) is 2.86. The van der Waals surface area contributed by atoms with Crippen LogP contribution in [0.5, 0.6) is 0 Å². The van der Waals surface area contributed by atoms with Crippen molar-refractivity contribution in [1.29, 1.82) is 0 Å². The molecule has 8 nitrogen and oxygen atoms in total. The van der Waals surface area contributed by atoms with Crippen molar-refractivity contribution in [2.45, 2.75) is 51.5 Å². The van der Waals surface area contributed by atoms with Crippen LogP contribution in [-0.2, 0) is 0 Å². The molecule has 1 aliphatic carbocycles. The van der Waals surface area contributed by atoms with E-state index in [0.29, 0.717) is 23.1 Å². The fourth-order valence-electron chi connectivity index (χ4n) is 5.24. The molecule has 4 aromatic heterocycles. The third kappa shape index (κ3) is 4.76. The predicted molar refractivity (Wildman–Crippen MR) is 143 cm³/mol. The Morgan fingerprint density at radius 3 is 2.66 bits per heavy atom. The molecule has 1 saturated carbocycles. The molecule has 1 aliphatic heterocycles. The number of hydrogen-bond acceptors (Lipinski definition) is 8. The van der Waals surface area contributed by atoms with Gasteiger partial charge in [-0.05, 0) is 67.0 Å². The monoisotopic (exact) mass is 516 g/mol. The second-order valence-corrected chi connectivity index (χ2v) is 10.8. The van der Waals surface area contributed by atoms with Crippen LogP contribution in [0.4, 0.5) is 26.2 Å². The first kappa shape index (κ1) is 24.5. The van der Waals surface area contributed by atoms with E-state index in [0.717, 1.165) is 61.2 Å². The third-order valence-electron chi connectivity index (χ3n) is 7.70. The summed E-state index contributed by atoms with van der Waals surface area (Å²) in [5.74, 6) is 0.376. The fourth-order valence-corrected chi connectivity index (χ4v) is 5.24. The lowest BCUT2D eigenvalue weighted by molar-refractivity contribution is 0.236. The molecule has 2 aliphatic rings. The maximum absolute atomic E-state index is 14.2. The van der Waals surface area contributed by atoms with Crippen LogP contribution in [0.3, 0.4) is 0 Å². The minimum Gasteiger partial charge on any atom is -0.366 e. The van der Waals surface area contributed by atoms with Crippen LogP contribution in [0, 0.1) is 17.2 Å². The molecular weight excluding hydrogens is 486 g/mol. The van der Waals surface area contributed by atoms with Crippen LogP contribution in [0.25, 0.3) is 22.3 Å². The summed E-state index contributed by atoms with van der Waals surface area (Å²) in [5.41, 5.74) is 2.69. The molecule has 38 heavy (non-hydrogen) atoms. The molecule has 0 bridgehead atoms. The zero-order chi connectivity index (χ0) is 26.3. The van der Waals surface area contributed by atoms with Gasteiger partial charge in [-0.3, -0.25) is 4.98 Å². The maximum Gasteiger partial charge on any atom is 0.214 e. The molecule has 0 unspecified atom stereocenters. The molecule has 196 valence electrons. The first-order valence-electron chi connectivity index (χ1n) is 13.1. The summed E-state index contributed by atoms with van der Waals surface area (Å²) < 4.78 is 27.7. The number of rotatable bonds is 6. The van der Waals surface area contributed by atoms with Gasteiger partial charge in [-0.25, -0.2) is 19.3 Å². The number of hydrogen-bond donors (Lipinski definition) is 3. The van der Waals surface area contributed by atoms with E-state index in [4.69, 9.17) is 9.97 Å². The fraction of sp³-hybridized carbons (Fsp3) is 0.393. The number of nitrogens with zero attached hydrogens (tertiary/aromatic N) is 5. The van der Waals surface area contributed by atoms with Gasteiger partial charge in [-0.2, -0.15) is 9.37 Å². The largest absolute Gasteiger partial charge is 0.366 e. The molecule has 2 fully saturated rings.